The molecule has 1 aromatic rings. The summed E-state index contributed by atoms with van der Waals surface area (Å²) in [4.78, 5) is 12.4. The maximum atomic E-state index is 12.4. The number of aryl methyl sites for hydroxylation is 1. The van der Waals surface area contributed by atoms with Crippen LogP contribution >= 0.6 is 12.4 Å². The highest BCUT2D eigenvalue weighted by Crippen LogP contribution is 2.18. The predicted octanol–water partition coefficient (Wildman–Crippen LogP) is 3.22. The molecule has 20 heavy (non-hydrogen) atoms. The Bertz CT molecular complexity index is 460. The molecule has 1 rings (SSSR count). The van der Waals surface area contributed by atoms with Crippen molar-refractivity contribution in [1.82, 2.24) is 5.32 Å². The van der Waals surface area contributed by atoms with E-state index in [1.165, 1.54) is 0 Å². The van der Waals surface area contributed by atoms with Crippen molar-refractivity contribution >= 4 is 18.3 Å². The number of nitrogens with two attached hydrogens (primary N) is 1. The molecule has 1 unspecified atom stereocenters. The van der Waals surface area contributed by atoms with Gasteiger partial charge in [0.15, 0.2) is 0 Å². The van der Waals surface area contributed by atoms with Gasteiger partial charge in [-0.25, -0.2) is 0 Å². The van der Waals surface area contributed by atoms with Crippen LogP contribution in [0.1, 0.15) is 48.7 Å². The molecule has 0 aromatic heterocycles. The quantitative estimate of drug-likeness (QED) is 0.877. The number of carbonyl (C=O) groups excluding carboxylic acids is 1. The maximum absolute atomic E-state index is 12.4. The van der Waals surface area contributed by atoms with Crippen LogP contribution in [-0.2, 0) is 0 Å². The molecule has 1 atom stereocenters. The molecule has 1 amide bonds. The minimum atomic E-state index is -0.346. The van der Waals surface area contributed by atoms with Gasteiger partial charge >= 0.3 is 0 Å². The second-order valence-corrected chi connectivity index (χ2v) is 6.06. The summed E-state index contributed by atoms with van der Waals surface area (Å²) in [6.07, 6.45) is 0.875. The smallest absolute Gasteiger partial charge is 0.252 e. The fourth-order valence-electron chi connectivity index (χ4n) is 2.42. The van der Waals surface area contributed by atoms with E-state index in [1.807, 2.05) is 39.0 Å². The average molecular weight is 299 g/mol. The number of hydrogen-bond acceptors (Lipinski definition) is 2. The van der Waals surface area contributed by atoms with Gasteiger partial charge < -0.3 is 11.1 Å². The second kappa shape index (κ2) is 7.65. The molecular formula is C16H27ClN2O. The van der Waals surface area contributed by atoms with E-state index in [4.69, 9.17) is 5.73 Å². The number of carbonyl (C=O) groups is 1. The van der Waals surface area contributed by atoms with Crippen molar-refractivity contribution in [2.24, 2.45) is 11.7 Å². The first-order chi connectivity index (χ1) is 8.79. The molecule has 0 aliphatic carbocycles. The second-order valence-electron chi connectivity index (χ2n) is 6.06. The van der Waals surface area contributed by atoms with E-state index in [0.717, 1.165) is 23.1 Å². The molecule has 0 heterocycles. The number of amides is 1. The van der Waals surface area contributed by atoms with Gasteiger partial charge in [0.25, 0.3) is 5.91 Å². The zero-order chi connectivity index (χ0) is 14.6. The van der Waals surface area contributed by atoms with Crippen LogP contribution in [0.4, 0.5) is 0 Å². The summed E-state index contributed by atoms with van der Waals surface area (Å²) < 4.78 is 0. The van der Waals surface area contributed by atoms with E-state index in [2.05, 4.69) is 19.2 Å². The molecule has 0 aliphatic heterocycles. The molecular weight excluding hydrogens is 272 g/mol. The van der Waals surface area contributed by atoms with Gasteiger partial charge in [0, 0.05) is 17.6 Å². The van der Waals surface area contributed by atoms with Crippen molar-refractivity contribution in [2.75, 3.05) is 6.54 Å². The molecule has 4 heteroatoms. The predicted molar refractivity (Wildman–Crippen MR) is 87.5 cm³/mol. The summed E-state index contributed by atoms with van der Waals surface area (Å²) >= 11 is 0. The lowest BCUT2D eigenvalue weighted by Gasteiger charge is -2.31. The van der Waals surface area contributed by atoms with Crippen LogP contribution in [0, 0.1) is 19.8 Å². The number of rotatable bonds is 5. The van der Waals surface area contributed by atoms with Crippen molar-refractivity contribution in [3.05, 3.63) is 34.9 Å². The molecule has 0 spiro atoms. The SMILES string of the molecule is Cc1cccc(C(=O)NC(C)(CN)CC(C)C)c1C.Cl. The Labute approximate surface area is 128 Å². The van der Waals surface area contributed by atoms with Crippen LogP contribution in [0.15, 0.2) is 18.2 Å². The van der Waals surface area contributed by atoms with Gasteiger partial charge in [-0.3, -0.25) is 4.79 Å². The van der Waals surface area contributed by atoms with E-state index in [9.17, 15) is 4.79 Å². The highest BCUT2D eigenvalue weighted by Gasteiger charge is 2.26. The molecule has 0 bridgehead atoms. The van der Waals surface area contributed by atoms with Crippen molar-refractivity contribution in [3.63, 3.8) is 0 Å². The van der Waals surface area contributed by atoms with E-state index < -0.39 is 0 Å². The fraction of sp³-hybridized carbons (Fsp3) is 0.562. The zero-order valence-corrected chi connectivity index (χ0v) is 13.9. The number of nitrogens with one attached hydrogen (secondary N) is 1. The molecule has 3 N–H and O–H groups in total. The molecule has 0 saturated carbocycles. The Balaban J connectivity index is 0.00000361. The Hall–Kier alpha value is -1.06. The first kappa shape index (κ1) is 18.9. The standard InChI is InChI=1S/C16H26N2O.ClH/c1-11(2)9-16(5,10-17)18-15(19)14-8-6-7-12(3)13(14)4;/h6-8,11H,9-10,17H2,1-5H3,(H,18,19);1H. The summed E-state index contributed by atoms with van der Waals surface area (Å²) in [5.74, 6) is 0.460. The van der Waals surface area contributed by atoms with Gasteiger partial charge in [-0.15, -0.1) is 12.4 Å². The van der Waals surface area contributed by atoms with Crippen LogP contribution in [-0.4, -0.2) is 18.0 Å². The summed E-state index contributed by atoms with van der Waals surface area (Å²) in [5, 5.41) is 3.09. The van der Waals surface area contributed by atoms with Crippen LogP contribution in [0.2, 0.25) is 0 Å². The van der Waals surface area contributed by atoms with Crippen molar-refractivity contribution < 1.29 is 4.79 Å². The van der Waals surface area contributed by atoms with Crippen molar-refractivity contribution in [1.29, 1.82) is 0 Å². The third-order valence-corrected chi connectivity index (χ3v) is 3.57. The Morgan fingerprint density at radius 1 is 1.35 bits per heavy atom. The lowest BCUT2D eigenvalue weighted by atomic mass is 9.90. The van der Waals surface area contributed by atoms with Gasteiger partial charge in [0.1, 0.15) is 0 Å². The third-order valence-electron chi connectivity index (χ3n) is 3.57. The van der Waals surface area contributed by atoms with Gasteiger partial charge in [-0.1, -0.05) is 26.0 Å². The van der Waals surface area contributed by atoms with E-state index in [-0.39, 0.29) is 23.9 Å². The lowest BCUT2D eigenvalue weighted by Crippen LogP contribution is -2.52. The number of halogens is 1. The lowest BCUT2D eigenvalue weighted by molar-refractivity contribution is 0.0897. The summed E-state index contributed by atoms with van der Waals surface area (Å²) in [7, 11) is 0. The summed E-state index contributed by atoms with van der Waals surface area (Å²) in [6.45, 7) is 10.7. The normalized spacial score (nSPS) is 13.6. The van der Waals surface area contributed by atoms with E-state index in [0.29, 0.717) is 12.5 Å². The number of benzene rings is 1. The minimum absolute atomic E-state index is 0. The molecule has 0 saturated heterocycles. The molecule has 114 valence electrons. The topological polar surface area (TPSA) is 55.1 Å². The minimum Gasteiger partial charge on any atom is -0.346 e. The highest BCUT2D eigenvalue weighted by atomic mass is 35.5. The van der Waals surface area contributed by atoms with E-state index in [1.54, 1.807) is 0 Å². The summed E-state index contributed by atoms with van der Waals surface area (Å²) in [6, 6.07) is 5.80. The van der Waals surface area contributed by atoms with Gasteiger partial charge in [0.2, 0.25) is 0 Å². The highest BCUT2D eigenvalue weighted by molar-refractivity contribution is 5.96. The Morgan fingerprint density at radius 2 is 1.95 bits per heavy atom. The van der Waals surface area contributed by atoms with Gasteiger partial charge in [-0.2, -0.15) is 0 Å². The molecule has 0 fully saturated rings. The Morgan fingerprint density at radius 3 is 2.45 bits per heavy atom. The first-order valence-corrected chi connectivity index (χ1v) is 6.88. The fourth-order valence-corrected chi connectivity index (χ4v) is 2.42. The average Bonchev–Trinajstić information content (AvgIpc) is 2.31. The van der Waals surface area contributed by atoms with Crippen LogP contribution in [0.25, 0.3) is 0 Å². The zero-order valence-electron chi connectivity index (χ0n) is 13.1. The molecule has 1 aromatic carbocycles. The Kier molecular flexibility index (Phi) is 7.25. The van der Waals surface area contributed by atoms with Crippen LogP contribution in [0.5, 0.6) is 0 Å². The largest absolute Gasteiger partial charge is 0.346 e. The summed E-state index contributed by atoms with van der Waals surface area (Å²) in [5.41, 5.74) is 8.39. The van der Waals surface area contributed by atoms with E-state index >= 15 is 0 Å². The monoisotopic (exact) mass is 298 g/mol. The molecule has 3 nitrogen and oxygen atoms in total. The number of hydrogen-bond donors (Lipinski definition) is 2. The van der Waals surface area contributed by atoms with Crippen molar-refractivity contribution in [2.45, 2.75) is 46.6 Å². The third kappa shape index (κ3) is 4.80. The van der Waals surface area contributed by atoms with Gasteiger partial charge in [0.05, 0.1) is 0 Å². The van der Waals surface area contributed by atoms with Crippen molar-refractivity contribution in [3.8, 4) is 0 Å². The molecule has 0 radical (unpaired) electrons. The first-order valence-electron chi connectivity index (χ1n) is 6.88. The van der Waals surface area contributed by atoms with Crippen LogP contribution < -0.4 is 11.1 Å². The van der Waals surface area contributed by atoms with Gasteiger partial charge in [-0.05, 0) is 50.3 Å². The van der Waals surface area contributed by atoms with Crippen LogP contribution in [0.3, 0.4) is 0 Å². The maximum Gasteiger partial charge on any atom is 0.252 e. The molecule has 0 aliphatic rings.